The first-order chi connectivity index (χ1) is 11.0. The molecule has 23 heavy (non-hydrogen) atoms. The third-order valence-electron chi connectivity index (χ3n) is 3.67. The van der Waals surface area contributed by atoms with Crippen molar-refractivity contribution in [1.82, 2.24) is 5.32 Å². The normalized spacial score (nSPS) is 19.2. The Hall–Kier alpha value is -2.34. The summed E-state index contributed by atoms with van der Waals surface area (Å²) in [6.45, 7) is 0. The fraction of sp³-hybridized carbons (Fsp3) is 0.235. The van der Waals surface area contributed by atoms with Gasteiger partial charge >= 0.3 is 0 Å². The monoisotopic (exact) mass is 331 g/mol. The first-order valence-corrected chi connectivity index (χ1v) is 9.19. The van der Waals surface area contributed by atoms with Crippen molar-refractivity contribution in [2.45, 2.75) is 12.5 Å². The van der Waals surface area contributed by atoms with Crippen LogP contribution in [0.5, 0.6) is 11.5 Å². The van der Waals surface area contributed by atoms with Crippen LogP contribution in [0.2, 0.25) is 0 Å². The SMILES string of the molecule is O=C(NC1CCS(=O)(=O)C1)c1ccccc1Oc1ccccc1. The highest BCUT2D eigenvalue weighted by Crippen LogP contribution is 2.25. The lowest BCUT2D eigenvalue weighted by Crippen LogP contribution is -2.35. The molecule has 1 unspecified atom stereocenters. The minimum absolute atomic E-state index is 0.000446. The number of nitrogens with one attached hydrogen (secondary N) is 1. The van der Waals surface area contributed by atoms with Gasteiger partial charge in [0.1, 0.15) is 11.5 Å². The molecular weight excluding hydrogens is 314 g/mol. The lowest BCUT2D eigenvalue weighted by Gasteiger charge is -2.14. The Morgan fingerprint density at radius 2 is 1.74 bits per heavy atom. The van der Waals surface area contributed by atoms with Crippen molar-refractivity contribution in [3.8, 4) is 11.5 Å². The van der Waals surface area contributed by atoms with Gasteiger partial charge in [0.15, 0.2) is 9.84 Å². The van der Waals surface area contributed by atoms with Gasteiger partial charge in [-0.1, -0.05) is 30.3 Å². The molecule has 2 aromatic rings. The molecule has 120 valence electrons. The van der Waals surface area contributed by atoms with Gasteiger partial charge in [-0.25, -0.2) is 8.42 Å². The molecule has 1 aliphatic rings. The molecule has 0 aromatic heterocycles. The lowest BCUT2D eigenvalue weighted by atomic mass is 10.1. The maximum Gasteiger partial charge on any atom is 0.255 e. The maximum absolute atomic E-state index is 12.4. The molecule has 1 heterocycles. The fourth-order valence-electron chi connectivity index (χ4n) is 2.53. The molecule has 0 saturated carbocycles. The Kier molecular flexibility index (Phi) is 4.34. The highest BCUT2D eigenvalue weighted by molar-refractivity contribution is 7.91. The van der Waals surface area contributed by atoms with Crippen LogP contribution in [0.1, 0.15) is 16.8 Å². The summed E-state index contributed by atoms with van der Waals surface area (Å²) < 4.78 is 28.7. The summed E-state index contributed by atoms with van der Waals surface area (Å²) in [6.07, 6.45) is 0.454. The maximum atomic E-state index is 12.4. The minimum Gasteiger partial charge on any atom is -0.457 e. The van der Waals surface area contributed by atoms with Crippen molar-refractivity contribution in [2.24, 2.45) is 0 Å². The number of amides is 1. The quantitative estimate of drug-likeness (QED) is 0.934. The van der Waals surface area contributed by atoms with Gasteiger partial charge in [0.25, 0.3) is 5.91 Å². The summed E-state index contributed by atoms with van der Waals surface area (Å²) in [7, 11) is -3.03. The third-order valence-corrected chi connectivity index (χ3v) is 5.44. The van der Waals surface area contributed by atoms with E-state index in [1.54, 1.807) is 36.4 Å². The molecule has 1 N–H and O–H groups in total. The smallest absolute Gasteiger partial charge is 0.255 e. The minimum atomic E-state index is -3.03. The number of ether oxygens (including phenoxy) is 1. The summed E-state index contributed by atoms with van der Waals surface area (Å²) in [5.74, 6) is 0.882. The molecule has 0 spiro atoms. The molecule has 0 bridgehead atoms. The topological polar surface area (TPSA) is 72.5 Å². The van der Waals surface area contributed by atoms with Crippen LogP contribution >= 0.6 is 0 Å². The van der Waals surface area contributed by atoms with E-state index >= 15 is 0 Å². The Balaban J connectivity index is 1.76. The van der Waals surface area contributed by atoms with E-state index in [2.05, 4.69) is 5.32 Å². The molecule has 2 aromatic carbocycles. The molecule has 6 heteroatoms. The number of para-hydroxylation sites is 2. The van der Waals surface area contributed by atoms with Crippen LogP contribution in [-0.4, -0.2) is 31.9 Å². The summed E-state index contributed by atoms with van der Waals surface area (Å²) in [5, 5.41) is 2.78. The van der Waals surface area contributed by atoms with Crippen LogP contribution in [0.3, 0.4) is 0 Å². The predicted octanol–water partition coefficient (Wildman–Crippen LogP) is 2.40. The van der Waals surface area contributed by atoms with Gasteiger partial charge < -0.3 is 10.1 Å². The largest absolute Gasteiger partial charge is 0.457 e. The standard InChI is InChI=1S/C17H17NO4S/c19-17(18-13-10-11-23(20,21)12-13)15-8-4-5-9-16(15)22-14-6-2-1-3-7-14/h1-9,13H,10-12H2,(H,18,19). The summed E-state index contributed by atoms with van der Waals surface area (Å²) in [5.41, 5.74) is 0.389. The summed E-state index contributed by atoms with van der Waals surface area (Å²) >= 11 is 0. The molecule has 1 saturated heterocycles. The van der Waals surface area contributed by atoms with Crippen molar-refractivity contribution in [1.29, 1.82) is 0 Å². The molecule has 1 aliphatic heterocycles. The number of hydrogen-bond acceptors (Lipinski definition) is 4. The van der Waals surface area contributed by atoms with E-state index in [9.17, 15) is 13.2 Å². The van der Waals surface area contributed by atoms with Crippen LogP contribution in [0, 0.1) is 0 Å². The van der Waals surface area contributed by atoms with E-state index in [1.807, 2.05) is 18.2 Å². The van der Waals surface area contributed by atoms with Gasteiger partial charge in [0.2, 0.25) is 0 Å². The molecule has 1 fully saturated rings. The fourth-order valence-corrected chi connectivity index (χ4v) is 4.20. The van der Waals surface area contributed by atoms with Crippen LogP contribution in [-0.2, 0) is 9.84 Å². The highest BCUT2D eigenvalue weighted by atomic mass is 32.2. The van der Waals surface area contributed by atoms with Crippen molar-refractivity contribution < 1.29 is 17.9 Å². The zero-order valence-electron chi connectivity index (χ0n) is 12.4. The van der Waals surface area contributed by atoms with Crippen LogP contribution in [0.15, 0.2) is 54.6 Å². The van der Waals surface area contributed by atoms with Crippen molar-refractivity contribution in [3.63, 3.8) is 0 Å². The van der Waals surface area contributed by atoms with Crippen LogP contribution < -0.4 is 10.1 Å². The van der Waals surface area contributed by atoms with Crippen LogP contribution in [0.4, 0.5) is 0 Å². The van der Waals surface area contributed by atoms with Gasteiger partial charge in [0.05, 0.1) is 17.1 Å². The zero-order chi connectivity index (χ0) is 16.3. The van der Waals surface area contributed by atoms with Crippen molar-refractivity contribution in [2.75, 3.05) is 11.5 Å². The van der Waals surface area contributed by atoms with E-state index in [-0.39, 0.29) is 23.5 Å². The molecule has 0 aliphatic carbocycles. The number of rotatable bonds is 4. The second-order valence-electron chi connectivity index (χ2n) is 5.48. The number of sulfone groups is 1. The number of carbonyl (C=O) groups is 1. The Bertz CT molecular complexity index is 802. The van der Waals surface area contributed by atoms with E-state index in [0.717, 1.165) is 0 Å². The number of carbonyl (C=O) groups excluding carboxylic acids is 1. The average Bonchev–Trinajstić information content (AvgIpc) is 2.87. The van der Waals surface area contributed by atoms with Gasteiger partial charge in [0, 0.05) is 6.04 Å². The first kappa shape index (κ1) is 15.6. The molecule has 5 nitrogen and oxygen atoms in total. The van der Waals surface area contributed by atoms with Crippen molar-refractivity contribution >= 4 is 15.7 Å². The number of benzene rings is 2. The average molecular weight is 331 g/mol. The molecular formula is C17H17NO4S. The van der Waals surface area contributed by atoms with E-state index in [0.29, 0.717) is 23.5 Å². The summed E-state index contributed by atoms with van der Waals surface area (Å²) in [6, 6.07) is 15.8. The van der Waals surface area contributed by atoms with Gasteiger partial charge in [-0.3, -0.25) is 4.79 Å². The van der Waals surface area contributed by atoms with E-state index in [1.165, 1.54) is 0 Å². The summed E-state index contributed by atoms with van der Waals surface area (Å²) in [4.78, 5) is 12.4. The second-order valence-corrected chi connectivity index (χ2v) is 7.71. The third kappa shape index (κ3) is 3.90. The second kappa shape index (κ2) is 6.42. The Labute approximate surface area is 135 Å². The predicted molar refractivity (Wildman–Crippen MR) is 87.5 cm³/mol. The Morgan fingerprint density at radius 3 is 2.43 bits per heavy atom. The molecule has 3 rings (SSSR count). The van der Waals surface area contributed by atoms with Gasteiger partial charge in [-0.05, 0) is 30.7 Å². The van der Waals surface area contributed by atoms with Crippen LogP contribution in [0.25, 0.3) is 0 Å². The van der Waals surface area contributed by atoms with Gasteiger partial charge in [-0.2, -0.15) is 0 Å². The molecule has 0 radical (unpaired) electrons. The number of hydrogen-bond donors (Lipinski definition) is 1. The van der Waals surface area contributed by atoms with E-state index in [4.69, 9.17) is 4.74 Å². The van der Waals surface area contributed by atoms with Gasteiger partial charge in [-0.15, -0.1) is 0 Å². The van der Waals surface area contributed by atoms with E-state index < -0.39 is 9.84 Å². The van der Waals surface area contributed by atoms with Crippen molar-refractivity contribution in [3.05, 3.63) is 60.2 Å². The first-order valence-electron chi connectivity index (χ1n) is 7.37. The molecule has 1 atom stereocenters. The Morgan fingerprint density at radius 1 is 1.04 bits per heavy atom. The molecule has 1 amide bonds. The lowest BCUT2D eigenvalue weighted by molar-refractivity contribution is 0.0939. The highest BCUT2D eigenvalue weighted by Gasteiger charge is 2.29. The zero-order valence-corrected chi connectivity index (χ0v) is 13.3.